The van der Waals surface area contributed by atoms with E-state index in [1.165, 1.54) is 0 Å². The average molecular weight is 285 g/mol. The summed E-state index contributed by atoms with van der Waals surface area (Å²) in [4.78, 5) is 0. The SMILES string of the molecule is CC(C)(C)[C@H]1O[C@@H]1[C@H](O)c1ccccc1Br. The van der Waals surface area contributed by atoms with E-state index in [1.54, 1.807) is 0 Å². The first-order valence-electron chi connectivity index (χ1n) is 5.49. The van der Waals surface area contributed by atoms with E-state index < -0.39 is 6.10 Å². The fourth-order valence-corrected chi connectivity index (χ4v) is 2.47. The Morgan fingerprint density at radius 2 is 1.94 bits per heavy atom. The van der Waals surface area contributed by atoms with Crippen LogP contribution in [0, 0.1) is 5.41 Å². The Morgan fingerprint density at radius 1 is 1.31 bits per heavy atom. The molecular formula is C13H17BrO2. The highest BCUT2D eigenvalue weighted by Crippen LogP contribution is 2.45. The Bertz CT molecular complexity index is 384. The van der Waals surface area contributed by atoms with Crippen molar-refractivity contribution in [2.75, 3.05) is 0 Å². The minimum atomic E-state index is -0.542. The van der Waals surface area contributed by atoms with Crippen LogP contribution in [0.3, 0.4) is 0 Å². The maximum Gasteiger partial charge on any atom is 0.115 e. The summed E-state index contributed by atoms with van der Waals surface area (Å²) in [5.41, 5.74) is 0.992. The van der Waals surface area contributed by atoms with Crippen molar-refractivity contribution in [3.8, 4) is 0 Å². The van der Waals surface area contributed by atoms with Crippen LogP contribution < -0.4 is 0 Å². The molecule has 0 spiro atoms. The Labute approximate surface area is 105 Å². The molecule has 0 aliphatic carbocycles. The Morgan fingerprint density at radius 3 is 2.44 bits per heavy atom. The third-order valence-electron chi connectivity index (χ3n) is 2.91. The standard InChI is InChI=1S/C13H17BrO2/c1-13(2,3)12-11(16-12)10(15)8-6-4-5-7-9(8)14/h4-7,10-12,15H,1-3H3/t10-,11-,12+/m1/s1. The summed E-state index contributed by atoms with van der Waals surface area (Å²) in [7, 11) is 0. The van der Waals surface area contributed by atoms with Crippen LogP contribution >= 0.6 is 15.9 Å². The molecule has 1 aromatic carbocycles. The second-order valence-corrected chi connectivity index (χ2v) is 6.21. The molecule has 0 saturated carbocycles. The first kappa shape index (κ1) is 12.1. The topological polar surface area (TPSA) is 32.8 Å². The molecule has 2 nitrogen and oxygen atoms in total. The van der Waals surface area contributed by atoms with E-state index in [0.717, 1.165) is 10.0 Å². The lowest BCUT2D eigenvalue weighted by Gasteiger charge is -2.16. The van der Waals surface area contributed by atoms with Crippen molar-refractivity contribution < 1.29 is 9.84 Å². The maximum atomic E-state index is 10.2. The smallest absolute Gasteiger partial charge is 0.115 e. The van der Waals surface area contributed by atoms with Crippen LogP contribution in [0.4, 0.5) is 0 Å². The number of rotatable bonds is 2. The fourth-order valence-electron chi connectivity index (χ4n) is 1.95. The van der Waals surface area contributed by atoms with Crippen molar-refractivity contribution in [1.29, 1.82) is 0 Å². The number of ether oxygens (including phenoxy) is 1. The van der Waals surface area contributed by atoms with Gasteiger partial charge in [0, 0.05) is 4.47 Å². The lowest BCUT2D eigenvalue weighted by atomic mass is 9.88. The number of epoxide rings is 1. The van der Waals surface area contributed by atoms with E-state index in [9.17, 15) is 5.11 Å². The molecule has 2 rings (SSSR count). The third kappa shape index (κ3) is 2.31. The molecule has 1 heterocycles. The Kier molecular flexibility index (Phi) is 3.12. The predicted octanol–water partition coefficient (Wildman–Crippen LogP) is 3.30. The van der Waals surface area contributed by atoms with Gasteiger partial charge in [0.25, 0.3) is 0 Å². The molecular weight excluding hydrogens is 268 g/mol. The normalized spacial score (nSPS) is 26.6. The highest BCUT2D eigenvalue weighted by molar-refractivity contribution is 9.10. The van der Waals surface area contributed by atoms with Gasteiger partial charge in [-0.1, -0.05) is 54.9 Å². The van der Waals surface area contributed by atoms with Crippen LogP contribution in [0.15, 0.2) is 28.7 Å². The molecule has 3 atom stereocenters. The van der Waals surface area contributed by atoms with Crippen LogP contribution in [-0.4, -0.2) is 17.3 Å². The number of aliphatic hydroxyl groups is 1. The van der Waals surface area contributed by atoms with Crippen LogP contribution in [-0.2, 0) is 4.74 Å². The quantitative estimate of drug-likeness (QED) is 0.846. The Hall–Kier alpha value is -0.380. The van der Waals surface area contributed by atoms with Gasteiger partial charge in [-0.25, -0.2) is 0 Å². The molecule has 0 bridgehead atoms. The zero-order valence-electron chi connectivity index (χ0n) is 9.77. The van der Waals surface area contributed by atoms with E-state index in [1.807, 2.05) is 24.3 Å². The van der Waals surface area contributed by atoms with Gasteiger partial charge in [0.05, 0.1) is 6.10 Å². The summed E-state index contributed by atoms with van der Waals surface area (Å²) in [6, 6.07) is 7.73. The third-order valence-corrected chi connectivity index (χ3v) is 3.64. The highest BCUT2D eigenvalue weighted by atomic mass is 79.9. The van der Waals surface area contributed by atoms with Gasteiger partial charge < -0.3 is 9.84 Å². The first-order chi connectivity index (χ1) is 7.41. The Balaban J connectivity index is 2.11. The van der Waals surface area contributed by atoms with Crippen molar-refractivity contribution in [1.82, 2.24) is 0 Å². The van der Waals surface area contributed by atoms with Gasteiger partial charge >= 0.3 is 0 Å². The monoisotopic (exact) mass is 284 g/mol. The lowest BCUT2D eigenvalue weighted by Crippen LogP contribution is -2.19. The molecule has 1 fully saturated rings. The van der Waals surface area contributed by atoms with E-state index in [0.29, 0.717) is 0 Å². The van der Waals surface area contributed by atoms with Gasteiger partial charge in [-0.2, -0.15) is 0 Å². The van der Waals surface area contributed by atoms with Crippen molar-refractivity contribution in [2.45, 2.75) is 39.1 Å². The number of aliphatic hydroxyl groups excluding tert-OH is 1. The predicted molar refractivity (Wildman–Crippen MR) is 67.2 cm³/mol. The minimum absolute atomic E-state index is 0.0706. The highest BCUT2D eigenvalue weighted by Gasteiger charge is 2.51. The molecule has 0 amide bonds. The molecule has 1 aliphatic rings. The van der Waals surface area contributed by atoms with Crippen LogP contribution in [0.1, 0.15) is 32.4 Å². The first-order valence-corrected chi connectivity index (χ1v) is 6.28. The van der Waals surface area contributed by atoms with E-state index in [4.69, 9.17) is 4.74 Å². The van der Waals surface area contributed by atoms with Crippen molar-refractivity contribution in [3.05, 3.63) is 34.3 Å². The van der Waals surface area contributed by atoms with E-state index in [2.05, 4.69) is 36.7 Å². The number of benzene rings is 1. The average Bonchev–Trinajstić information content (AvgIpc) is 2.96. The maximum absolute atomic E-state index is 10.2. The van der Waals surface area contributed by atoms with Crippen LogP contribution in [0.5, 0.6) is 0 Å². The number of hydrogen-bond donors (Lipinski definition) is 1. The van der Waals surface area contributed by atoms with E-state index in [-0.39, 0.29) is 17.6 Å². The van der Waals surface area contributed by atoms with Crippen molar-refractivity contribution in [2.24, 2.45) is 5.41 Å². The summed E-state index contributed by atoms with van der Waals surface area (Å²) < 4.78 is 6.52. The summed E-state index contributed by atoms with van der Waals surface area (Å²) in [6.45, 7) is 6.39. The molecule has 1 aliphatic heterocycles. The zero-order valence-corrected chi connectivity index (χ0v) is 11.4. The molecule has 3 heteroatoms. The summed E-state index contributed by atoms with van der Waals surface area (Å²) in [5.74, 6) is 0. The molecule has 88 valence electrons. The molecule has 0 unspecified atom stereocenters. The van der Waals surface area contributed by atoms with Gasteiger partial charge in [0.1, 0.15) is 12.2 Å². The minimum Gasteiger partial charge on any atom is -0.386 e. The molecule has 0 radical (unpaired) electrons. The van der Waals surface area contributed by atoms with E-state index >= 15 is 0 Å². The molecule has 1 N–H and O–H groups in total. The zero-order chi connectivity index (χ0) is 11.9. The fraction of sp³-hybridized carbons (Fsp3) is 0.538. The van der Waals surface area contributed by atoms with Gasteiger partial charge in [-0.15, -0.1) is 0 Å². The second kappa shape index (κ2) is 4.13. The molecule has 0 aromatic heterocycles. The van der Waals surface area contributed by atoms with Crippen LogP contribution in [0.25, 0.3) is 0 Å². The summed E-state index contributed by atoms with van der Waals surface area (Å²) in [6.07, 6.45) is -0.465. The molecule has 1 aromatic rings. The van der Waals surface area contributed by atoms with Gasteiger partial charge in [0.15, 0.2) is 0 Å². The summed E-state index contributed by atoms with van der Waals surface area (Å²) in [5, 5.41) is 10.2. The van der Waals surface area contributed by atoms with Gasteiger partial charge in [-0.3, -0.25) is 0 Å². The second-order valence-electron chi connectivity index (χ2n) is 5.35. The molecule has 16 heavy (non-hydrogen) atoms. The summed E-state index contributed by atoms with van der Waals surface area (Å²) >= 11 is 3.45. The molecule has 1 saturated heterocycles. The number of halogens is 1. The van der Waals surface area contributed by atoms with Gasteiger partial charge in [-0.05, 0) is 17.0 Å². The largest absolute Gasteiger partial charge is 0.386 e. The van der Waals surface area contributed by atoms with Crippen LogP contribution in [0.2, 0.25) is 0 Å². The van der Waals surface area contributed by atoms with Crippen molar-refractivity contribution >= 4 is 15.9 Å². The number of hydrogen-bond acceptors (Lipinski definition) is 2. The lowest BCUT2D eigenvalue weighted by molar-refractivity contribution is 0.136. The van der Waals surface area contributed by atoms with Crippen molar-refractivity contribution in [3.63, 3.8) is 0 Å². The van der Waals surface area contributed by atoms with Gasteiger partial charge in [0.2, 0.25) is 0 Å².